The van der Waals surface area contributed by atoms with E-state index in [0.717, 1.165) is 19.4 Å². The second kappa shape index (κ2) is 6.80. The highest BCUT2D eigenvalue weighted by Crippen LogP contribution is 2.06. The first-order valence-corrected chi connectivity index (χ1v) is 6.55. The number of hydrogen-bond acceptors (Lipinski definition) is 1. The van der Waals surface area contributed by atoms with Gasteiger partial charge in [0.1, 0.15) is 0 Å². The number of aryl methyl sites for hydroxylation is 2. The Kier molecular flexibility index (Phi) is 4.77. The molecule has 2 nitrogen and oxygen atoms in total. The van der Waals surface area contributed by atoms with Crippen molar-refractivity contribution in [3.63, 3.8) is 0 Å². The van der Waals surface area contributed by atoms with Crippen LogP contribution in [0.25, 0.3) is 0 Å². The number of benzene rings is 1. The van der Waals surface area contributed by atoms with E-state index in [1.54, 1.807) is 12.1 Å². The highest BCUT2D eigenvalue weighted by atomic mass is 16.1. The fourth-order valence-electron chi connectivity index (χ4n) is 2.04. The van der Waals surface area contributed by atoms with Gasteiger partial charge < -0.3 is 4.57 Å². The van der Waals surface area contributed by atoms with E-state index in [1.807, 2.05) is 12.4 Å². The third kappa shape index (κ3) is 4.21. The van der Waals surface area contributed by atoms with Crippen LogP contribution < -0.4 is 5.43 Å². The van der Waals surface area contributed by atoms with Crippen molar-refractivity contribution in [3.05, 3.63) is 70.6 Å². The Bertz CT molecular complexity index is 496. The first-order chi connectivity index (χ1) is 8.84. The highest BCUT2D eigenvalue weighted by Gasteiger charge is 1.93. The summed E-state index contributed by atoms with van der Waals surface area (Å²) >= 11 is 0. The third-order valence-electron chi connectivity index (χ3n) is 3.09. The van der Waals surface area contributed by atoms with Crippen LogP contribution in [0.4, 0.5) is 0 Å². The van der Waals surface area contributed by atoms with Crippen LogP contribution in [0.5, 0.6) is 0 Å². The van der Waals surface area contributed by atoms with Gasteiger partial charge in [-0.25, -0.2) is 0 Å². The van der Waals surface area contributed by atoms with Gasteiger partial charge in [0.05, 0.1) is 0 Å². The summed E-state index contributed by atoms with van der Waals surface area (Å²) in [6, 6.07) is 13.8. The van der Waals surface area contributed by atoms with E-state index >= 15 is 0 Å². The molecule has 0 N–H and O–H groups in total. The summed E-state index contributed by atoms with van der Waals surface area (Å²) in [5.74, 6) is 0. The van der Waals surface area contributed by atoms with Gasteiger partial charge in [0, 0.05) is 31.1 Å². The van der Waals surface area contributed by atoms with E-state index < -0.39 is 0 Å². The van der Waals surface area contributed by atoms with Gasteiger partial charge >= 0.3 is 0 Å². The molecular formula is C16H19NO. The van der Waals surface area contributed by atoms with E-state index in [4.69, 9.17) is 0 Å². The Morgan fingerprint density at radius 1 is 0.833 bits per heavy atom. The van der Waals surface area contributed by atoms with Crippen LogP contribution >= 0.6 is 0 Å². The lowest BCUT2D eigenvalue weighted by Crippen LogP contribution is -2.03. The molecule has 94 valence electrons. The number of hydrogen-bond donors (Lipinski definition) is 0. The van der Waals surface area contributed by atoms with Crippen molar-refractivity contribution in [3.8, 4) is 0 Å². The van der Waals surface area contributed by atoms with E-state index in [-0.39, 0.29) is 5.43 Å². The van der Waals surface area contributed by atoms with Crippen molar-refractivity contribution in [2.45, 2.75) is 32.2 Å². The molecule has 2 rings (SSSR count). The largest absolute Gasteiger partial charge is 0.354 e. The van der Waals surface area contributed by atoms with Crippen LogP contribution in [0.2, 0.25) is 0 Å². The second-order valence-corrected chi connectivity index (χ2v) is 4.57. The lowest BCUT2D eigenvalue weighted by Gasteiger charge is -2.05. The third-order valence-corrected chi connectivity index (χ3v) is 3.09. The number of aromatic nitrogens is 1. The Labute approximate surface area is 108 Å². The molecule has 0 spiro atoms. The summed E-state index contributed by atoms with van der Waals surface area (Å²) in [5, 5.41) is 0. The number of pyridine rings is 1. The zero-order chi connectivity index (χ0) is 12.6. The predicted octanol–water partition coefficient (Wildman–Crippen LogP) is 3.26. The van der Waals surface area contributed by atoms with E-state index in [0.29, 0.717) is 0 Å². The molecule has 0 radical (unpaired) electrons. The van der Waals surface area contributed by atoms with Gasteiger partial charge in [-0.2, -0.15) is 0 Å². The minimum atomic E-state index is 0.0790. The molecule has 2 heteroatoms. The van der Waals surface area contributed by atoms with Gasteiger partial charge in [0.25, 0.3) is 0 Å². The molecule has 0 aliphatic heterocycles. The molecule has 0 saturated heterocycles. The fraction of sp³-hybridized carbons (Fsp3) is 0.312. The molecule has 0 amide bonds. The summed E-state index contributed by atoms with van der Waals surface area (Å²) < 4.78 is 2.07. The predicted molar refractivity (Wildman–Crippen MR) is 74.7 cm³/mol. The van der Waals surface area contributed by atoms with Crippen molar-refractivity contribution in [1.29, 1.82) is 0 Å². The topological polar surface area (TPSA) is 22.0 Å². The molecular weight excluding hydrogens is 222 g/mol. The Hall–Kier alpha value is -1.83. The Morgan fingerprint density at radius 2 is 1.56 bits per heavy atom. The summed E-state index contributed by atoms with van der Waals surface area (Å²) in [5.41, 5.74) is 1.50. The van der Waals surface area contributed by atoms with Crippen molar-refractivity contribution < 1.29 is 0 Å². The van der Waals surface area contributed by atoms with Crippen LogP contribution in [0.3, 0.4) is 0 Å². The quantitative estimate of drug-likeness (QED) is 0.711. The van der Waals surface area contributed by atoms with Crippen LogP contribution in [-0.4, -0.2) is 4.57 Å². The van der Waals surface area contributed by atoms with Gasteiger partial charge in [-0.15, -0.1) is 0 Å². The van der Waals surface area contributed by atoms with E-state index in [9.17, 15) is 4.79 Å². The Morgan fingerprint density at radius 3 is 2.28 bits per heavy atom. The molecule has 0 unspecified atom stereocenters. The molecule has 18 heavy (non-hydrogen) atoms. The summed E-state index contributed by atoms with van der Waals surface area (Å²) in [7, 11) is 0. The van der Waals surface area contributed by atoms with Gasteiger partial charge in [-0.3, -0.25) is 4.79 Å². The van der Waals surface area contributed by atoms with Crippen molar-refractivity contribution in [2.75, 3.05) is 0 Å². The van der Waals surface area contributed by atoms with Crippen LogP contribution in [-0.2, 0) is 13.0 Å². The SMILES string of the molecule is O=c1ccn(CCCCCc2ccccc2)cc1. The second-order valence-electron chi connectivity index (χ2n) is 4.57. The van der Waals surface area contributed by atoms with E-state index in [1.165, 1.54) is 18.4 Å². The molecule has 0 saturated carbocycles. The minimum absolute atomic E-state index is 0.0790. The zero-order valence-corrected chi connectivity index (χ0v) is 10.6. The maximum Gasteiger partial charge on any atom is 0.181 e. The van der Waals surface area contributed by atoms with Crippen molar-refractivity contribution >= 4 is 0 Å². The van der Waals surface area contributed by atoms with Crippen molar-refractivity contribution in [2.24, 2.45) is 0 Å². The van der Waals surface area contributed by atoms with Gasteiger partial charge in [0.2, 0.25) is 0 Å². The molecule has 0 bridgehead atoms. The molecule has 0 atom stereocenters. The molecule has 1 aromatic carbocycles. The normalized spacial score (nSPS) is 10.4. The first kappa shape index (κ1) is 12.6. The van der Waals surface area contributed by atoms with Gasteiger partial charge in [-0.1, -0.05) is 36.8 Å². The summed E-state index contributed by atoms with van der Waals surface area (Å²) in [4.78, 5) is 10.9. The molecule has 1 heterocycles. The zero-order valence-electron chi connectivity index (χ0n) is 10.6. The molecule has 0 aliphatic carbocycles. The van der Waals surface area contributed by atoms with Crippen LogP contribution in [0.15, 0.2) is 59.7 Å². The Balaban J connectivity index is 1.64. The average Bonchev–Trinajstić information content (AvgIpc) is 2.42. The van der Waals surface area contributed by atoms with Crippen molar-refractivity contribution in [1.82, 2.24) is 4.57 Å². The number of nitrogens with zero attached hydrogens (tertiary/aromatic N) is 1. The standard InChI is InChI=1S/C16H19NO/c18-16-10-13-17(14-11-16)12-6-2-5-9-15-7-3-1-4-8-15/h1,3-4,7-8,10-11,13-14H,2,5-6,9,12H2. The molecule has 2 aromatic rings. The highest BCUT2D eigenvalue weighted by molar-refractivity contribution is 5.14. The lowest BCUT2D eigenvalue weighted by molar-refractivity contribution is 0.584. The maximum absolute atomic E-state index is 10.9. The summed E-state index contributed by atoms with van der Waals surface area (Å²) in [6.07, 6.45) is 8.49. The monoisotopic (exact) mass is 241 g/mol. The molecule has 0 aliphatic rings. The fourth-order valence-corrected chi connectivity index (χ4v) is 2.04. The first-order valence-electron chi connectivity index (χ1n) is 6.55. The van der Waals surface area contributed by atoms with E-state index in [2.05, 4.69) is 34.9 Å². The van der Waals surface area contributed by atoms with Crippen LogP contribution in [0.1, 0.15) is 24.8 Å². The number of rotatable bonds is 6. The average molecular weight is 241 g/mol. The van der Waals surface area contributed by atoms with Gasteiger partial charge in [0.15, 0.2) is 5.43 Å². The molecule has 1 aromatic heterocycles. The van der Waals surface area contributed by atoms with Crippen LogP contribution in [0, 0.1) is 0 Å². The van der Waals surface area contributed by atoms with Gasteiger partial charge in [-0.05, 0) is 24.8 Å². The number of unbranched alkanes of at least 4 members (excludes halogenated alkanes) is 2. The molecule has 0 fully saturated rings. The summed E-state index contributed by atoms with van der Waals surface area (Å²) in [6.45, 7) is 0.995. The maximum atomic E-state index is 10.9. The smallest absolute Gasteiger partial charge is 0.181 e. The minimum Gasteiger partial charge on any atom is -0.354 e. The lowest BCUT2D eigenvalue weighted by atomic mass is 10.1.